The predicted octanol–water partition coefficient (Wildman–Crippen LogP) is 2.49. The second-order valence-corrected chi connectivity index (χ2v) is 6.89. The molecule has 0 saturated heterocycles. The monoisotopic (exact) mass is 326 g/mol. The van der Waals surface area contributed by atoms with Gasteiger partial charge in [-0.25, -0.2) is 17.2 Å². The number of rotatable bonds is 4. The molecule has 0 aromatic heterocycles. The van der Waals surface area contributed by atoms with Crippen molar-refractivity contribution in [2.45, 2.75) is 6.54 Å². The first-order chi connectivity index (χ1) is 10.3. The molecular weight excluding hydrogens is 310 g/mol. The summed E-state index contributed by atoms with van der Waals surface area (Å²) in [6.07, 6.45) is 0.974. The SMILES string of the molecule is CN(c1c(F)cccc1-c1ccc(CN)c(F)c1)S(C)(=O)=O. The Morgan fingerprint density at radius 1 is 1.14 bits per heavy atom. The van der Waals surface area contributed by atoms with E-state index in [9.17, 15) is 17.2 Å². The molecule has 2 aromatic rings. The van der Waals surface area contributed by atoms with Gasteiger partial charge in [0, 0.05) is 24.7 Å². The topological polar surface area (TPSA) is 63.4 Å². The van der Waals surface area contributed by atoms with E-state index in [4.69, 9.17) is 5.73 Å². The van der Waals surface area contributed by atoms with Gasteiger partial charge in [-0.2, -0.15) is 0 Å². The second kappa shape index (κ2) is 6.02. The van der Waals surface area contributed by atoms with Crippen molar-refractivity contribution >= 4 is 15.7 Å². The highest BCUT2D eigenvalue weighted by atomic mass is 32.2. The van der Waals surface area contributed by atoms with Crippen molar-refractivity contribution in [2.75, 3.05) is 17.6 Å². The van der Waals surface area contributed by atoms with Crippen LogP contribution in [0.3, 0.4) is 0 Å². The zero-order valence-electron chi connectivity index (χ0n) is 12.2. The van der Waals surface area contributed by atoms with E-state index in [0.29, 0.717) is 11.1 Å². The van der Waals surface area contributed by atoms with Crippen LogP contribution in [-0.2, 0) is 16.6 Å². The molecule has 0 heterocycles. The van der Waals surface area contributed by atoms with E-state index in [2.05, 4.69) is 0 Å². The third-order valence-corrected chi connectivity index (χ3v) is 4.56. The van der Waals surface area contributed by atoms with Gasteiger partial charge in [0.15, 0.2) is 0 Å². The van der Waals surface area contributed by atoms with Crippen LogP contribution in [0.25, 0.3) is 11.1 Å². The zero-order valence-corrected chi connectivity index (χ0v) is 13.0. The molecule has 4 nitrogen and oxygen atoms in total. The molecule has 2 aromatic carbocycles. The van der Waals surface area contributed by atoms with Gasteiger partial charge in [-0.15, -0.1) is 0 Å². The number of nitrogens with zero attached hydrogens (tertiary/aromatic N) is 1. The van der Waals surface area contributed by atoms with Crippen molar-refractivity contribution in [1.29, 1.82) is 0 Å². The lowest BCUT2D eigenvalue weighted by Crippen LogP contribution is -2.26. The van der Waals surface area contributed by atoms with Crippen molar-refractivity contribution < 1.29 is 17.2 Å². The van der Waals surface area contributed by atoms with Gasteiger partial charge in [0.05, 0.1) is 11.9 Å². The summed E-state index contributed by atoms with van der Waals surface area (Å²) < 4.78 is 52.3. The number of hydrogen-bond acceptors (Lipinski definition) is 3. The van der Waals surface area contributed by atoms with Crippen LogP contribution in [-0.4, -0.2) is 21.7 Å². The standard InChI is InChI=1S/C15H16F2N2O2S/c1-19(22(2,20)21)15-12(4-3-5-13(15)16)10-6-7-11(9-18)14(17)8-10/h3-8H,9,18H2,1-2H3. The van der Waals surface area contributed by atoms with E-state index in [0.717, 1.165) is 16.6 Å². The van der Waals surface area contributed by atoms with E-state index in [-0.39, 0.29) is 17.8 Å². The first-order valence-corrected chi connectivity index (χ1v) is 8.32. The maximum Gasteiger partial charge on any atom is 0.232 e. The van der Waals surface area contributed by atoms with Gasteiger partial charge in [0.1, 0.15) is 11.6 Å². The molecule has 0 atom stereocenters. The average Bonchev–Trinajstić information content (AvgIpc) is 2.45. The van der Waals surface area contributed by atoms with Crippen LogP contribution >= 0.6 is 0 Å². The molecule has 0 aliphatic heterocycles. The molecule has 0 fully saturated rings. The van der Waals surface area contributed by atoms with Gasteiger partial charge in [0.2, 0.25) is 10.0 Å². The minimum atomic E-state index is -3.65. The second-order valence-electron chi connectivity index (χ2n) is 4.88. The fourth-order valence-electron chi connectivity index (χ4n) is 2.11. The normalized spacial score (nSPS) is 11.5. The number of nitrogens with two attached hydrogens (primary N) is 1. The fourth-order valence-corrected chi connectivity index (χ4v) is 2.63. The number of anilines is 1. The number of halogens is 2. The maximum atomic E-state index is 14.1. The minimum Gasteiger partial charge on any atom is -0.326 e. The van der Waals surface area contributed by atoms with Crippen molar-refractivity contribution in [3.8, 4) is 11.1 Å². The molecule has 0 saturated carbocycles. The molecule has 0 aliphatic carbocycles. The van der Waals surface area contributed by atoms with E-state index in [1.54, 1.807) is 6.07 Å². The molecule has 0 amide bonds. The van der Waals surface area contributed by atoms with E-state index < -0.39 is 21.7 Å². The van der Waals surface area contributed by atoms with Crippen molar-refractivity contribution in [3.05, 3.63) is 53.6 Å². The number of hydrogen-bond donors (Lipinski definition) is 1. The average molecular weight is 326 g/mol. The fraction of sp³-hybridized carbons (Fsp3) is 0.200. The van der Waals surface area contributed by atoms with Crippen LogP contribution in [0, 0.1) is 11.6 Å². The third-order valence-electron chi connectivity index (χ3n) is 3.38. The Kier molecular flexibility index (Phi) is 4.48. The van der Waals surface area contributed by atoms with Gasteiger partial charge < -0.3 is 5.73 Å². The number of benzene rings is 2. The maximum absolute atomic E-state index is 14.1. The van der Waals surface area contributed by atoms with Crippen LogP contribution in [0.2, 0.25) is 0 Å². The molecule has 0 bridgehead atoms. The Bertz CT molecular complexity index is 807. The molecular formula is C15H16F2N2O2S. The van der Waals surface area contributed by atoms with Crippen molar-refractivity contribution in [2.24, 2.45) is 5.73 Å². The van der Waals surface area contributed by atoms with Crippen LogP contribution in [0.15, 0.2) is 36.4 Å². The lowest BCUT2D eigenvalue weighted by Gasteiger charge is -2.21. The van der Waals surface area contributed by atoms with Gasteiger partial charge in [0.25, 0.3) is 0 Å². The number of sulfonamides is 1. The van der Waals surface area contributed by atoms with E-state index in [1.807, 2.05) is 0 Å². The molecule has 22 heavy (non-hydrogen) atoms. The summed E-state index contributed by atoms with van der Waals surface area (Å²) in [5, 5.41) is 0. The first-order valence-electron chi connectivity index (χ1n) is 6.47. The molecule has 118 valence electrons. The summed E-state index contributed by atoms with van der Waals surface area (Å²) >= 11 is 0. The van der Waals surface area contributed by atoms with Gasteiger partial charge in [-0.3, -0.25) is 4.31 Å². The summed E-state index contributed by atoms with van der Waals surface area (Å²) in [6, 6.07) is 8.44. The molecule has 7 heteroatoms. The lowest BCUT2D eigenvalue weighted by molar-refractivity contribution is 0.595. The smallest absolute Gasteiger partial charge is 0.232 e. The summed E-state index contributed by atoms with van der Waals surface area (Å²) in [4.78, 5) is 0. The van der Waals surface area contributed by atoms with Crippen LogP contribution in [0.5, 0.6) is 0 Å². The van der Waals surface area contributed by atoms with Gasteiger partial charge >= 0.3 is 0 Å². The Balaban J connectivity index is 2.67. The van der Waals surface area contributed by atoms with Crippen LogP contribution < -0.4 is 10.0 Å². The Hall–Kier alpha value is -1.99. The van der Waals surface area contributed by atoms with E-state index >= 15 is 0 Å². The first kappa shape index (κ1) is 16.4. The van der Waals surface area contributed by atoms with Gasteiger partial charge in [-0.05, 0) is 17.7 Å². The van der Waals surface area contributed by atoms with Crippen molar-refractivity contribution in [3.63, 3.8) is 0 Å². The summed E-state index contributed by atoms with van der Waals surface area (Å²) in [7, 11) is -2.40. The molecule has 0 unspecified atom stereocenters. The number of para-hydroxylation sites is 1. The predicted molar refractivity (Wildman–Crippen MR) is 82.9 cm³/mol. The molecule has 0 radical (unpaired) electrons. The third kappa shape index (κ3) is 3.10. The minimum absolute atomic E-state index is 0.0470. The highest BCUT2D eigenvalue weighted by Crippen LogP contribution is 2.34. The molecule has 0 aliphatic rings. The molecule has 2 N–H and O–H groups in total. The Morgan fingerprint density at radius 3 is 2.36 bits per heavy atom. The zero-order chi connectivity index (χ0) is 16.5. The highest BCUT2D eigenvalue weighted by Gasteiger charge is 2.21. The summed E-state index contributed by atoms with van der Waals surface area (Å²) in [5.74, 6) is -1.22. The quantitative estimate of drug-likeness (QED) is 0.939. The molecule has 0 spiro atoms. The van der Waals surface area contributed by atoms with Crippen LogP contribution in [0.4, 0.5) is 14.5 Å². The van der Waals surface area contributed by atoms with Crippen molar-refractivity contribution in [1.82, 2.24) is 0 Å². The summed E-state index contributed by atoms with van der Waals surface area (Å²) in [6.45, 7) is 0.0470. The molecule has 2 rings (SSSR count). The highest BCUT2D eigenvalue weighted by molar-refractivity contribution is 7.92. The lowest BCUT2D eigenvalue weighted by atomic mass is 10.0. The summed E-state index contributed by atoms with van der Waals surface area (Å²) in [5.41, 5.74) is 6.28. The van der Waals surface area contributed by atoms with Gasteiger partial charge in [-0.1, -0.05) is 24.3 Å². The Labute approximate surface area is 128 Å². The largest absolute Gasteiger partial charge is 0.326 e. The van der Waals surface area contributed by atoms with Crippen LogP contribution in [0.1, 0.15) is 5.56 Å². The Morgan fingerprint density at radius 2 is 1.82 bits per heavy atom. The van der Waals surface area contributed by atoms with E-state index in [1.165, 1.54) is 31.3 Å².